The lowest BCUT2D eigenvalue weighted by atomic mass is 9.87. The Kier molecular flexibility index (Phi) is 2.48. The Bertz CT molecular complexity index is 528. The third-order valence-corrected chi connectivity index (χ3v) is 3.41. The lowest BCUT2D eigenvalue weighted by Gasteiger charge is -2.19. The first-order valence-electron chi connectivity index (χ1n) is 5.97. The summed E-state index contributed by atoms with van der Waals surface area (Å²) < 4.78 is 5.53. The van der Waals surface area contributed by atoms with Gasteiger partial charge in [0.05, 0.1) is 6.20 Å². The van der Waals surface area contributed by atoms with Gasteiger partial charge in [-0.2, -0.15) is 5.10 Å². The van der Waals surface area contributed by atoms with Crippen LogP contribution in [-0.4, -0.2) is 21.7 Å². The zero-order valence-corrected chi connectivity index (χ0v) is 9.86. The maximum atomic E-state index is 5.72. The highest BCUT2D eigenvalue weighted by molar-refractivity contribution is 5.55. The van der Waals surface area contributed by atoms with Gasteiger partial charge in [-0.3, -0.25) is 5.10 Å². The monoisotopic (exact) mass is 232 g/mol. The summed E-state index contributed by atoms with van der Waals surface area (Å²) in [5, 5.41) is 7.42. The summed E-state index contributed by atoms with van der Waals surface area (Å²) in [5.74, 6) is 2.00. The van der Waals surface area contributed by atoms with E-state index in [0.717, 1.165) is 37.3 Å². The number of aryl methyl sites for hydroxylation is 1. The molecule has 17 heavy (non-hydrogen) atoms. The van der Waals surface area contributed by atoms with Gasteiger partial charge in [-0.05, 0) is 38.6 Å². The Morgan fingerprint density at radius 1 is 1.59 bits per heavy atom. The molecule has 1 atom stereocenters. The molecule has 0 saturated heterocycles. The predicted molar refractivity (Wildman–Crippen MR) is 63.4 cm³/mol. The molecule has 0 spiro atoms. The molecule has 0 aliphatic heterocycles. The number of H-pyrrole nitrogens is 1. The largest absolute Gasteiger partial charge is 0.440 e. The molecule has 2 aromatic heterocycles. The minimum absolute atomic E-state index is 0.571. The van der Waals surface area contributed by atoms with Gasteiger partial charge in [-0.1, -0.05) is 0 Å². The number of hydrogen-bond donors (Lipinski definition) is 2. The van der Waals surface area contributed by atoms with Gasteiger partial charge in [0.15, 0.2) is 5.69 Å². The molecular weight excluding hydrogens is 216 g/mol. The van der Waals surface area contributed by atoms with E-state index in [1.54, 1.807) is 6.20 Å². The van der Waals surface area contributed by atoms with E-state index in [1.807, 2.05) is 6.92 Å². The summed E-state index contributed by atoms with van der Waals surface area (Å²) in [6.45, 7) is 2.63. The van der Waals surface area contributed by atoms with E-state index in [-0.39, 0.29) is 0 Å². The van der Waals surface area contributed by atoms with Crippen molar-refractivity contribution in [2.45, 2.75) is 26.2 Å². The van der Waals surface area contributed by atoms with E-state index in [1.165, 1.54) is 11.3 Å². The van der Waals surface area contributed by atoms with Gasteiger partial charge >= 0.3 is 0 Å². The molecule has 1 unspecified atom stereocenters. The van der Waals surface area contributed by atoms with Crippen LogP contribution < -0.4 is 5.73 Å². The van der Waals surface area contributed by atoms with Gasteiger partial charge in [-0.25, -0.2) is 4.98 Å². The number of aromatic nitrogens is 3. The van der Waals surface area contributed by atoms with E-state index in [4.69, 9.17) is 10.2 Å². The molecule has 1 aliphatic carbocycles. The second kappa shape index (κ2) is 4.00. The van der Waals surface area contributed by atoms with Crippen LogP contribution in [0.25, 0.3) is 11.6 Å². The number of nitrogens with one attached hydrogen (secondary N) is 1. The standard InChI is InChI=1S/C12H16N4O/c1-7-6-14-12(17-7)11-9-3-2-8(5-13)4-10(9)15-16-11/h6,8H,2-5,13H2,1H3,(H,15,16). The molecule has 0 saturated carbocycles. The number of nitrogens with two attached hydrogens (primary N) is 1. The third-order valence-electron chi connectivity index (χ3n) is 3.41. The predicted octanol–water partition coefficient (Wildman–Crippen LogP) is 1.44. The molecule has 2 heterocycles. The first kappa shape index (κ1) is 10.5. The van der Waals surface area contributed by atoms with Gasteiger partial charge in [0.25, 0.3) is 0 Å². The van der Waals surface area contributed by atoms with Crippen LogP contribution in [-0.2, 0) is 12.8 Å². The summed E-state index contributed by atoms with van der Waals surface area (Å²) >= 11 is 0. The zero-order valence-electron chi connectivity index (χ0n) is 9.86. The van der Waals surface area contributed by atoms with E-state index in [9.17, 15) is 0 Å². The van der Waals surface area contributed by atoms with Gasteiger partial charge in [0, 0.05) is 11.3 Å². The van der Waals surface area contributed by atoms with Gasteiger partial charge in [0.2, 0.25) is 5.89 Å². The Balaban J connectivity index is 1.96. The van der Waals surface area contributed by atoms with E-state index >= 15 is 0 Å². The fourth-order valence-corrected chi connectivity index (χ4v) is 2.42. The van der Waals surface area contributed by atoms with Crippen LogP contribution in [0.4, 0.5) is 0 Å². The quantitative estimate of drug-likeness (QED) is 0.820. The molecule has 0 aromatic carbocycles. The molecule has 0 amide bonds. The van der Waals surface area contributed by atoms with Crippen molar-refractivity contribution in [1.82, 2.24) is 15.2 Å². The molecule has 3 N–H and O–H groups in total. The number of nitrogens with zero attached hydrogens (tertiary/aromatic N) is 2. The summed E-state index contributed by atoms with van der Waals surface area (Å²) in [5.41, 5.74) is 9.02. The number of fused-ring (bicyclic) bond motifs is 1. The molecule has 0 fully saturated rings. The fourth-order valence-electron chi connectivity index (χ4n) is 2.42. The van der Waals surface area contributed by atoms with Crippen molar-refractivity contribution in [2.24, 2.45) is 11.7 Å². The average molecular weight is 232 g/mol. The summed E-state index contributed by atoms with van der Waals surface area (Å²) in [4.78, 5) is 4.23. The molecule has 1 aliphatic rings. The minimum atomic E-state index is 0.571. The van der Waals surface area contributed by atoms with E-state index < -0.39 is 0 Å². The van der Waals surface area contributed by atoms with Crippen molar-refractivity contribution in [1.29, 1.82) is 0 Å². The number of rotatable bonds is 2. The maximum Gasteiger partial charge on any atom is 0.247 e. The Hall–Kier alpha value is -1.62. The SMILES string of the molecule is Cc1cnc(-c2n[nH]c3c2CCC(CN)C3)o1. The highest BCUT2D eigenvalue weighted by Crippen LogP contribution is 2.31. The van der Waals surface area contributed by atoms with Gasteiger partial charge < -0.3 is 10.2 Å². The first-order valence-corrected chi connectivity index (χ1v) is 5.97. The van der Waals surface area contributed by atoms with Crippen molar-refractivity contribution in [3.63, 3.8) is 0 Å². The number of aromatic amines is 1. The summed E-state index contributed by atoms with van der Waals surface area (Å²) in [7, 11) is 0. The molecule has 5 heteroatoms. The van der Waals surface area contributed by atoms with Gasteiger partial charge in [-0.15, -0.1) is 0 Å². The van der Waals surface area contributed by atoms with Crippen LogP contribution in [0.1, 0.15) is 23.4 Å². The van der Waals surface area contributed by atoms with Crippen LogP contribution in [0.2, 0.25) is 0 Å². The second-order valence-corrected chi connectivity index (χ2v) is 4.65. The highest BCUT2D eigenvalue weighted by Gasteiger charge is 2.25. The minimum Gasteiger partial charge on any atom is -0.440 e. The molecule has 90 valence electrons. The van der Waals surface area contributed by atoms with Crippen LogP contribution in [0.15, 0.2) is 10.6 Å². The maximum absolute atomic E-state index is 5.72. The van der Waals surface area contributed by atoms with E-state index in [0.29, 0.717) is 11.8 Å². The molecule has 0 radical (unpaired) electrons. The average Bonchev–Trinajstić information content (AvgIpc) is 2.93. The fraction of sp³-hybridized carbons (Fsp3) is 0.500. The van der Waals surface area contributed by atoms with Crippen LogP contribution in [0, 0.1) is 12.8 Å². The summed E-state index contributed by atoms with van der Waals surface area (Å²) in [6.07, 6.45) is 4.83. The smallest absolute Gasteiger partial charge is 0.247 e. The summed E-state index contributed by atoms with van der Waals surface area (Å²) in [6, 6.07) is 0. The Labute approximate surface area is 99.4 Å². The van der Waals surface area contributed by atoms with Crippen molar-refractivity contribution in [2.75, 3.05) is 6.54 Å². The third kappa shape index (κ3) is 1.76. The van der Waals surface area contributed by atoms with Crippen molar-refractivity contribution in [3.8, 4) is 11.6 Å². The highest BCUT2D eigenvalue weighted by atomic mass is 16.4. The normalized spacial score (nSPS) is 19.3. The molecule has 5 nitrogen and oxygen atoms in total. The number of hydrogen-bond acceptors (Lipinski definition) is 4. The zero-order chi connectivity index (χ0) is 11.8. The molecule has 0 bridgehead atoms. The van der Waals surface area contributed by atoms with Crippen LogP contribution in [0.5, 0.6) is 0 Å². The number of oxazole rings is 1. The topological polar surface area (TPSA) is 80.7 Å². The molecular formula is C12H16N4O. The van der Waals surface area contributed by atoms with Gasteiger partial charge in [0.1, 0.15) is 5.76 Å². The molecule has 2 aromatic rings. The Morgan fingerprint density at radius 2 is 2.47 bits per heavy atom. The van der Waals surface area contributed by atoms with Crippen molar-refractivity contribution in [3.05, 3.63) is 23.2 Å². The first-order chi connectivity index (χ1) is 8.28. The Morgan fingerprint density at radius 3 is 3.18 bits per heavy atom. The lowest BCUT2D eigenvalue weighted by Crippen LogP contribution is -2.22. The second-order valence-electron chi connectivity index (χ2n) is 4.65. The molecule has 3 rings (SSSR count). The van der Waals surface area contributed by atoms with E-state index in [2.05, 4.69) is 15.2 Å². The lowest BCUT2D eigenvalue weighted by molar-refractivity contribution is 0.463. The van der Waals surface area contributed by atoms with Crippen molar-refractivity contribution >= 4 is 0 Å². The van der Waals surface area contributed by atoms with Crippen LogP contribution in [0.3, 0.4) is 0 Å². The van der Waals surface area contributed by atoms with Crippen molar-refractivity contribution < 1.29 is 4.42 Å². The van der Waals surface area contributed by atoms with Crippen LogP contribution >= 0.6 is 0 Å².